The Kier molecular flexibility index (Phi) is 4.84. The van der Waals surface area contributed by atoms with Crippen molar-refractivity contribution in [2.45, 2.75) is 31.2 Å². The van der Waals surface area contributed by atoms with Crippen LogP contribution in [0.4, 0.5) is 0 Å². The predicted molar refractivity (Wildman–Crippen MR) is 83.1 cm³/mol. The Morgan fingerprint density at radius 1 is 1.48 bits per heavy atom. The maximum atomic E-state index is 11.3. The van der Waals surface area contributed by atoms with Crippen LogP contribution in [0.15, 0.2) is 34.2 Å². The first-order valence-corrected chi connectivity index (χ1v) is 8.57. The Morgan fingerprint density at radius 3 is 2.90 bits per heavy atom. The zero-order valence-corrected chi connectivity index (χ0v) is 13.0. The zero-order chi connectivity index (χ0) is 15.5. The Hall–Kier alpha value is -1.60. The molecule has 0 saturated carbocycles. The highest BCUT2D eigenvalue weighted by Gasteiger charge is 2.17. The highest BCUT2D eigenvalue weighted by molar-refractivity contribution is 7.89. The summed E-state index contributed by atoms with van der Waals surface area (Å²) in [4.78, 5) is 6.54. The summed E-state index contributed by atoms with van der Waals surface area (Å²) in [6, 6.07) is 6.47. The second-order valence-corrected chi connectivity index (χ2v) is 7.12. The molecule has 1 aromatic carbocycles. The Balaban J connectivity index is 2.06. The number of guanidine groups is 1. The molecule has 1 unspecified atom stereocenters. The maximum absolute atomic E-state index is 11.3. The third-order valence-corrected chi connectivity index (χ3v) is 4.54. The second kappa shape index (κ2) is 6.44. The van der Waals surface area contributed by atoms with E-state index in [-0.39, 0.29) is 4.90 Å². The van der Waals surface area contributed by atoms with Crippen molar-refractivity contribution in [3.8, 4) is 0 Å². The lowest BCUT2D eigenvalue weighted by atomic mass is 10.0. The molecule has 1 aliphatic heterocycles. The van der Waals surface area contributed by atoms with E-state index in [4.69, 9.17) is 10.9 Å². The molecule has 0 radical (unpaired) electrons. The molecular formula is C14H22N4O2S. The molecule has 1 fully saturated rings. The molecule has 0 spiro atoms. The van der Waals surface area contributed by atoms with Crippen LogP contribution < -0.4 is 10.9 Å². The average molecular weight is 310 g/mol. The SMILES string of the molecule is CC1CCCN(C(N)=NCc2cccc(S(N)(=O)=O)c2)C1. The summed E-state index contributed by atoms with van der Waals surface area (Å²) in [6.45, 7) is 4.40. The summed E-state index contributed by atoms with van der Waals surface area (Å²) in [5, 5.41) is 5.12. The highest BCUT2D eigenvalue weighted by Crippen LogP contribution is 2.15. The van der Waals surface area contributed by atoms with E-state index in [1.165, 1.54) is 18.6 Å². The second-order valence-electron chi connectivity index (χ2n) is 5.56. The first-order valence-electron chi connectivity index (χ1n) is 7.03. The van der Waals surface area contributed by atoms with E-state index in [2.05, 4.69) is 16.8 Å². The van der Waals surface area contributed by atoms with Crippen molar-refractivity contribution >= 4 is 16.0 Å². The first-order chi connectivity index (χ1) is 9.86. The lowest BCUT2D eigenvalue weighted by Gasteiger charge is -2.31. The van der Waals surface area contributed by atoms with Crippen LogP contribution in [0.1, 0.15) is 25.3 Å². The van der Waals surface area contributed by atoms with Gasteiger partial charge in [-0.05, 0) is 36.5 Å². The summed E-state index contributed by atoms with van der Waals surface area (Å²) < 4.78 is 22.6. The number of hydrogen-bond acceptors (Lipinski definition) is 3. The van der Waals surface area contributed by atoms with Crippen molar-refractivity contribution in [1.82, 2.24) is 4.90 Å². The number of benzene rings is 1. The van der Waals surface area contributed by atoms with Gasteiger partial charge in [-0.3, -0.25) is 0 Å². The molecular weight excluding hydrogens is 288 g/mol. The van der Waals surface area contributed by atoms with Gasteiger partial charge in [-0.1, -0.05) is 19.1 Å². The molecule has 21 heavy (non-hydrogen) atoms. The van der Waals surface area contributed by atoms with E-state index in [1.54, 1.807) is 6.07 Å². The largest absolute Gasteiger partial charge is 0.370 e. The summed E-state index contributed by atoms with van der Waals surface area (Å²) in [5.74, 6) is 1.14. The van der Waals surface area contributed by atoms with E-state index < -0.39 is 10.0 Å². The lowest BCUT2D eigenvalue weighted by Crippen LogP contribution is -2.43. The van der Waals surface area contributed by atoms with Gasteiger partial charge >= 0.3 is 0 Å². The van der Waals surface area contributed by atoms with E-state index >= 15 is 0 Å². The van der Waals surface area contributed by atoms with E-state index in [9.17, 15) is 8.42 Å². The number of hydrogen-bond donors (Lipinski definition) is 2. The molecule has 1 aromatic rings. The van der Waals surface area contributed by atoms with Crippen molar-refractivity contribution in [2.24, 2.45) is 21.8 Å². The van der Waals surface area contributed by atoms with Crippen LogP contribution in [0.5, 0.6) is 0 Å². The molecule has 2 rings (SSSR count). The number of rotatable bonds is 3. The molecule has 0 amide bonds. The molecule has 0 aromatic heterocycles. The summed E-state index contributed by atoms with van der Waals surface area (Å²) >= 11 is 0. The fraction of sp³-hybridized carbons (Fsp3) is 0.500. The summed E-state index contributed by atoms with van der Waals surface area (Å²) in [7, 11) is -3.68. The van der Waals surface area contributed by atoms with Crippen LogP contribution >= 0.6 is 0 Å². The third-order valence-electron chi connectivity index (χ3n) is 3.63. The Labute approximate surface area is 125 Å². The van der Waals surface area contributed by atoms with Crippen molar-refractivity contribution in [3.05, 3.63) is 29.8 Å². The topological polar surface area (TPSA) is 102 Å². The van der Waals surface area contributed by atoms with Gasteiger partial charge in [0.05, 0.1) is 11.4 Å². The number of nitrogens with two attached hydrogens (primary N) is 2. The molecule has 1 heterocycles. The molecule has 1 saturated heterocycles. The number of piperidine rings is 1. The Morgan fingerprint density at radius 2 is 2.24 bits per heavy atom. The molecule has 1 aliphatic rings. The number of primary sulfonamides is 1. The van der Waals surface area contributed by atoms with Crippen LogP contribution in [0, 0.1) is 5.92 Å². The standard InChI is InChI=1S/C14H22N4O2S/c1-11-4-3-7-18(10-11)14(15)17-9-12-5-2-6-13(8-12)21(16,19)20/h2,5-6,8,11H,3-4,7,9-10H2,1H3,(H2,15,17)(H2,16,19,20). The van der Waals surface area contributed by atoms with Gasteiger partial charge in [-0.2, -0.15) is 0 Å². The van der Waals surface area contributed by atoms with E-state index in [1.807, 2.05) is 6.07 Å². The van der Waals surface area contributed by atoms with Gasteiger partial charge in [-0.25, -0.2) is 18.5 Å². The molecule has 4 N–H and O–H groups in total. The zero-order valence-electron chi connectivity index (χ0n) is 12.2. The number of likely N-dealkylation sites (tertiary alicyclic amines) is 1. The van der Waals surface area contributed by atoms with E-state index in [0.29, 0.717) is 18.4 Å². The van der Waals surface area contributed by atoms with Crippen molar-refractivity contribution in [3.63, 3.8) is 0 Å². The molecule has 116 valence electrons. The Bertz CT molecular complexity index is 628. The van der Waals surface area contributed by atoms with Crippen LogP contribution in [-0.2, 0) is 16.6 Å². The maximum Gasteiger partial charge on any atom is 0.238 e. The van der Waals surface area contributed by atoms with E-state index in [0.717, 1.165) is 25.1 Å². The number of sulfonamides is 1. The number of nitrogens with zero attached hydrogens (tertiary/aromatic N) is 2. The van der Waals surface area contributed by atoms with Gasteiger partial charge in [0.25, 0.3) is 0 Å². The molecule has 7 heteroatoms. The highest BCUT2D eigenvalue weighted by atomic mass is 32.2. The fourth-order valence-electron chi connectivity index (χ4n) is 2.49. The van der Waals surface area contributed by atoms with Gasteiger partial charge < -0.3 is 10.6 Å². The van der Waals surface area contributed by atoms with Gasteiger partial charge in [-0.15, -0.1) is 0 Å². The minimum absolute atomic E-state index is 0.0976. The minimum atomic E-state index is -3.68. The smallest absolute Gasteiger partial charge is 0.238 e. The average Bonchev–Trinajstić information content (AvgIpc) is 2.44. The van der Waals surface area contributed by atoms with Gasteiger partial charge in [0.1, 0.15) is 0 Å². The van der Waals surface area contributed by atoms with Crippen LogP contribution in [0.25, 0.3) is 0 Å². The first kappa shape index (κ1) is 15.8. The van der Waals surface area contributed by atoms with Crippen molar-refractivity contribution in [1.29, 1.82) is 0 Å². The third kappa shape index (κ3) is 4.44. The molecule has 6 nitrogen and oxygen atoms in total. The van der Waals surface area contributed by atoms with Crippen molar-refractivity contribution < 1.29 is 8.42 Å². The molecule has 1 atom stereocenters. The van der Waals surface area contributed by atoms with Gasteiger partial charge in [0.2, 0.25) is 10.0 Å². The van der Waals surface area contributed by atoms with Crippen LogP contribution in [0.2, 0.25) is 0 Å². The fourth-order valence-corrected chi connectivity index (χ4v) is 3.07. The monoisotopic (exact) mass is 310 g/mol. The lowest BCUT2D eigenvalue weighted by molar-refractivity contribution is 0.270. The van der Waals surface area contributed by atoms with Gasteiger partial charge in [0, 0.05) is 13.1 Å². The quantitative estimate of drug-likeness (QED) is 0.639. The summed E-state index contributed by atoms with van der Waals surface area (Å²) in [6.07, 6.45) is 2.35. The minimum Gasteiger partial charge on any atom is -0.370 e. The van der Waals surface area contributed by atoms with Crippen molar-refractivity contribution in [2.75, 3.05) is 13.1 Å². The molecule has 0 aliphatic carbocycles. The molecule has 0 bridgehead atoms. The summed E-state index contributed by atoms with van der Waals surface area (Å²) in [5.41, 5.74) is 6.79. The normalized spacial score (nSPS) is 20.6. The van der Waals surface area contributed by atoms with Crippen LogP contribution in [-0.4, -0.2) is 32.4 Å². The van der Waals surface area contributed by atoms with Crippen LogP contribution in [0.3, 0.4) is 0 Å². The van der Waals surface area contributed by atoms with Gasteiger partial charge in [0.15, 0.2) is 5.96 Å². The predicted octanol–water partition coefficient (Wildman–Crippen LogP) is 0.881. The number of aliphatic imine (C=N–C) groups is 1.